The predicted octanol–water partition coefficient (Wildman–Crippen LogP) is 5.59. The Balaban J connectivity index is 1.63. The zero-order chi connectivity index (χ0) is 23.3. The number of ether oxygens (including phenoxy) is 1. The van der Waals surface area contributed by atoms with Crippen LogP contribution in [-0.2, 0) is 4.79 Å². The minimum absolute atomic E-state index is 0.255. The zero-order valence-corrected chi connectivity index (χ0v) is 19.3. The van der Waals surface area contributed by atoms with Crippen LogP contribution in [0.1, 0.15) is 29.7 Å². The van der Waals surface area contributed by atoms with Gasteiger partial charge in [-0.1, -0.05) is 41.9 Å². The van der Waals surface area contributed by atoms with Gasteiger partial charge in [0.2, 0.25) is 11.6 Å². The Hall–Kier alpha value is -3.51. The van der Waals surface area contributed by atoms with Gasteiger partial charge >= 0.3 is 6.03 Å². The number of para-hydroxylation sites is 1. The summed E-state index contributed by atoms with van der Waals surface area (Å²) in [6.07, 6.45) is 0. The van der Waals surface area contributed by atoms with Crippen molar-refractivity contribution in [2.45, 2.75) is 32.5 Å². The second kappa shape index (κ2) is 7.81. The fourth-order valence-corrected chi connectivity index (χ4v) is 4.93. The van der Waals surface area contributed by atoms with E-state index in [2.05, 4.69) is 10.6 Å². The molecule has 168 valence electrons. The lowest BCUT2D eigenvalue weighted by Gasteiger charge is -2.54. The number of carbonyl (C=O) groups excluding carboxylic acids is 2. The van der Waals surface area contributed by atoms with Crippen molar-refractivity contribution in [2.24, 2.45) is 5.92 Å². The molecule has 1 saturated heterocycles. The van der Waals surface area contributed by atoms with Crippen molar-refractivity contribution in [3.63, 3.8) is 0 Å². The number of urea groups is 1. The van der Waals surface area contributed by atoms with Crippen LogP contribution in [0.5, 0.6) is 5.75 Å². The van der Waals surface area contributed by atoms with Crippen molar-refractivity contribution in [1.82, 2.24) is 5.32 Å². The van der Waals surface area contributed by atoms with Crippen LogP contribution in [0.4, 0.5) is 16.2 Å². The van der Waals surface area contributed by atoms with Crippen molar-refractivity contribution >= 4 is 34.9 Å². The minimum Gasteiger partial charge on any atom is -0.466 e. The average Bonchev–Trinajstić information content (AvgIpc) is 2.77. The third-order valence-corrected chi connectivity index (χ3v) is 6.66. The number of anilines is 2. The van der Waals surface area contributed by atoms with Gasteiger partial charge < -0.3 is 15.4 Å². The maximum atomic E-state index is 13.7. The third kappa shape index (κ3) is 3.51. The molecule has 33 heavy (non-hydrogen) atoms. The van der Waals surface area contributed by atoms with E-state index in [0.717, 1.165) is 16.7 Å². The van der Waals surface area contributed by atoms with E-state index in [1.165, 1.54) is 0 Å². The number of hydrogen-bond acceptors (Lipinski definition) is 3. The van der Waals surface area contributed by atoms with Gasteiger partial charge in [-0.15, -0.1) is 0 Å². The molecule has 0 spiro atoms. The van der Waals surface area contributed by atoms with Gasteiger partial charge in [-0.2, -0.15) is 0 Å². The van der Waals surface area contributed by atoms with Crippen LogP contribution in [0.25, 0.3) is 0 Å². The quantitative estimate of drug-likeness (QED) is 0.534. The number of nitrogens with one attached hydrogen (secondary N) is 2. The number of carbonyl (C=O) groups is 2. The van der Waals surface area contributed by atoms with Crippen LogP contribution in [0.15, 0.2) is 66.7 Å². The lowest BCUT2D eigenvalue weighted by Crippen LogP contribution is -2.72. The number of halogens is 1. The molecule has 0 saturated carbocycles. The Kier molecular flexibility index (Phi) is 5.05. The van der Waals surface area contributed by atoms with Crippen LogP contribution < -0.4 is 20.3 Å². The summed E-state index contributed by atoms with van der Waals surface area (Å²) in [5, 5.41) is 6.64. The SMILES string of the molecule is Cc1ccc(C)c(N2C(=O)N[C@H]3c4ccccc4O[C@@]2(C)[C@@H]3C(=O)Nc2ccc(Cl)cc2)c1. The molecular weight excluding hydrogens is 438 g/mol. The summed E-state index contributed by atoms with van der Waals surface area (Å²) in [4.78, 5) is 28.7. The van der Waals surface area contributed by atoms with Crippen LogP contribution >= 0.6 is 11.6 Å². The zero-order valence-electron chi connectivity index (χ0n) is 18.6. The fraction of sp³-hybridized carbons (Fsp3) is 0.231. The molecule has 2 bridgehead atoms. The second-order valence-corrected chi connectivity index (χ2v) is 9.16. The van der Waals surface area contributed by atoms with Crippen LogP contribution in [-0.4, -0.2) is 17.7 Å². The molecule has 2 aliphatic heterocycles. The molecule has 3 aromatic carbocycles. The molecular formula is C26H24ClN3O3. The number of rotatable bonds is 3. The van der Waals surface area contributed by atoms with Gasteiger partial charge in [-0.05, 0) is 68.3 Å². The molecule has 3 aromatic rings. The Morgan fingerprint density at radius 2 is 1.82 bits per heavy atom. The van der Waals surface area contributed by atoms with E-state index in [9.17, 15) is 9.59 Å². The molecule has 7 heteroatoms. The van der Waals surface area contributed by atoms with Crippen LogP contribution in [0.3, 0.4) is 0 Å². The first-order valence-electron chi connectivity index (χ1n) is 10.8. The molecule has 0 unspecified atom stereocenters. The van der Waals surface area contributed by atoms with E-state index < -0.39 is 17.7 Å². The molecule has 3 atom stereocenters. The van der Waals surface area contributed by atoms with Crippen LogP contribution in [0, 0.1) is 19.8 Å². The highest BCUT2D eigenvalue weighted by molar-refractivity contribution is 6.30. The summed E-state index contributed by atoms with van der Waals surface area (Å²) in [5.74, 6) is -0.328. The first kappa shape index (κ1) is 21.3. The number of hydrogen-bond donors (Lipinski definition) is 2. The number of amides is 3. The van der Waals surface area contributed by atoms with Gasteiger partial charge in [-0.3, -0.25) is 9.69 Å². The van der Waals surface area contributed by atoms with E-state index in [0.29, 0.717) is 22.1 Å². The van der Waals surface area contributed by atoms with Gasteiger partial charge in [-0.25, -0.2) is 4.79 Å². The van der Waals surface area contributed by atoms with E-state index in [1.807, 2.05) is 63.2 Å². The average molecular weight is 462 g/mol. The highest BCUT2D eigenvalue weighted by Gasteiger charge is 2.60. The molecule has 3 amide bonds. The maximum Gasteiger partial charge on any atom is 0.325 e. The van der Waals surface area contributed by atoms with Gasteiger partial charge in [0.05, 0.1) is 11.7 Å². The Bertz CT molecular complexity index is 1260. The van der Waals surface area contributed by atoms with Crippen molar-refractivity contribution in [3.8, 4) is 5.75 Å². The number of fused-ring (bicyclic) bond motifs is 4. The van der Waals surface area contributed by atoms with Gasteiger partial charge in [0.25, 0.3) is 0 Å². The largest absolute Gasteiger partial charge is 0.466 e. The Labute approximate surface area is 197 Å². The summed E-state index contributed by atoms with van der Waals surface area (Å²) < 4.78 is 6.50. The van der Waals surface area contributed by atoms with Crippen LogP contribution in [0.2, 0.25) is 5.02 Å². The Morgan fingerprint density at radius 1 is 1.09 bits per heavy atom. The van der Waals surface area contributed by atoms with E-state index in [1.54, 1.807) is 29.2 Å². The van der Waals surface area contributed by atoms with Crippen molar-refractivity contribution in [3.05, 3.63) is 88.4 Å². The normalized spacial score (nSPS) is 23.3. The highest BCUT2D eigenvalue weighted by atomic mass is 35.5. The first-order valence-corrected chi connectivity index (χ1v) is 11.2. The Morgan fingerprint density at radius 3 is 2.58 bits per heavy atom. The second-order valence-electron chi connectivity index (χ2n) is 8.72. The summed E-state index contributed by atoms with van der Waals surface area (Å²) in [6.45, 7) is 5.72. The lowest BCUT2D eigenvalue weighted by atomic mass is 9.78. The third-order valence-electron chi connectivity index (χ3n) is 6.41. The molecule has 6 nitrogen and oxygen atoms in total. The molecule has 2 N–H and O–H groups in total. The maximum absolute atomic E-state index is 13.7. The van der Waals surface area contributed by atoms with Gasteiger partial charge in [0.1, 0.15) is 11.7 Å². The van der Waals surface area contributed by atoms with Crippen molar-refractivity contribution in [2.75, 3.05) is 10.2 Å². The predicted molar refractivity (Wildman–Crippen MR) is 129 cm³/mol. The molecule has 0 aromatic heterocycles. The number of nitrogens with zero attached hydrogens (tertiary/aromatic N) is 1. The fourth-order valence-electron chi connectivity index (χ4n) is 4.81. The molecule has 2 aliphatic rings. The van der Waals surface area contributed by atoms with Gasteiger partial charge in [0.15, 0.2) is 0 Å². The summed E-state index contributed by atoms with van der Waals surface area (Å²) >= 11 is 6.00. The minimum atomic E-state index is -1.25. The van der Waals surface area contributed by atoms with Crippen molar-refractivity contribution in [1.29, 1.82) is 0 Å². The van der Waals surface area contributed by atoms with Gasteiger partial charge in [0, 0.05) is 16.3 Å². The smallest absolute Gasteiger partial charge is 0.325 e. The summed E-state index contributed by atoms with van der Waals surface area (Å²) in [5.41, 5.74) is 2.77. The van der Waals surface area contributed by atoms with E-state index in [-0.39, 0.29) is 11.9 Å². The summed E-state index contributed by atoms with van der Waals surface area (Å²) in [7, 11) is 0. The summed E-state index contributed by atoms with van der Waals surface area (Å²) in [6, 6.07) is 19.5. The van der Waals surface area contributed by atoms with E-state index >= 15 is 0 Å². The van der Waals surface area contributed by atoms with Crippen molar-refractivity contribution < 1.29 is 14.3 Å². The lowest BCUT2D eigenvalue weighted by molar-refractivity contribution is -0.131. The highest BCUT2D eigenvalue weighted by Crippen LogP contribution is 2.50. The molecule has 1 fully saturated rings. The monoisotopic (exact) mass is 461 g/mol. The number of benzene rings is 3. The molecule has 2 heterocycles. The molecule has 0 aliphatic carbocycles. The molecule has 0 radical (unpaired) electrons. The topological polar surface area (TPSA) is 70.7 Å². The number of aryl methyl sites for hydroxylation is 2. The van der Waals surface area contributed by atoms with E-state index in [4.69, 9.17) is 16.3 Å². The molecule has 5 rings (SSSR count). The standard InChI is InChI=1S/C26H24ClN3O3/c1-15-8-9-16(2)20(14-15)30-25(32)29-23-19-6-4-5-7-21(19)33-26(30,3)22(23)24(31)28-18-12-10-17(27)11-13-18/h4-14,22-23H,1-3H3,(H,28,31)(H,29,32)/t22-,23-,26-/m0/s1. The first-order chi connectivity index (χ1) is 15.8.